The molecule has 8 heteroatoms. The summed E-state index contributed by atoms with van der Waals surface area (Å²) in [5, 5.41) is 2.89. The quantitative estimate of drug-likeness (QED) is 0.606. The first kappa shape index (κ1) is 19.0. The molecule has 1 rings (SSSR count). The lowest BCUT2D eigenvalue weighted by Gasteiger charge is -2.27. The Morgan fingerprint density at radius 1 is 1.35 bits per heavy atom. The molecular weight excluding hydrogens is 302 g/mol. The van der Waals surface area contributed by atoms with Gasteiger partial charge in [-0.3, -0.25) is 0 Å². The summed E-state index contributed by atoms with van der Waals surface area (Å²) in [4.78, 5) is 29.4. The molecule has 8 nitrogen and oxygen atoms in total. The molecule has 0 aliphatic heterocycles. The highest BCUT2D eigenvalue weighted by atomic mass is 16.5. The van der Waals surface area contributed by atoms with E-state index in [9.17, 15) is 9.59 Å². The molecule has 1 aromatic heterocycles. The van der Waals surface area contributed by atoms with Gasteiger partial charge in [0.25, 0.3) is 0 Å². The first-order valence-electron chi connectivity index (χ1n) is 7.35. The van der Waals surface area contributed by atoms with Crippen molar-refractivity contribution in [3.05, 3.63) is 17.8 Å². The monoisotopic (exact) mass is 327 g/mol. The van der Waals surface area contributed by atoms with Gasteiger partial charge in [-0.15, -0.1) is 0 Å². The van der Waals surface area contributed by atoms with Gasteiger partial charge < -0.3 is 24.1 Å². The molecular formula is C15H25N3O5. The van der Waals surface area contributed by atoms with E-state index in [0.29, 0.717) is 19.6 Å². The average Bonchev–Trinajstić information content (AvgIpc) is 2.92. The predicted octanol–water partition coefficient (Wildman–Crippen LogP) is 1.81. The van der Waals surface area contributed by atoms with E-state index in [1.807, 2.05) is 20.8 Å². The maximum atomic E-state index is 12.4. The third kappa shape index (κ3) is 6.68. The molecule has 1 heterocycles. The second kappa shape index (κ2) is 8.52. The first-order chi connectivity index (χ1) is 10.8. The van der Waals surface area contributed by atoms with Crippen LogP contribution in [0.5, 0.6) is 0 Å². The maximum absolute atomic E-state index is 12.4. The van der Waals surface area contributed by atoms with Crippen LogP contribution < -0.4 is 5.32 Å². The lowest BCUT2D eigenvalue weighted by atomic mass is 10.1. The Kier molecular flexibility index (Phi) is 7.02. The van der Waals surface area contributed by atoms with Crippen molar-refractivity contribution >= 4 is 12.0 Å². The van der Waals surface area contributed by atoms with Crippen LogP contribution in [0.3, 0.4) is 0 Å². The summed E-state index contributed by atoms with van der Waals surface area (Å²) in [6.07, 6.45) is 1.90. The smallest absolute Gasteiger partial charge is 0.360 e. The van der Waals surface area contributed by atoms with Gasteiger partial charge in [-0.2, -0.15) is 0 Å². The number of rotatable bonds is 7. The summed E-state index contributed by atoms with van der Waals surface area (Å²) in [6.45, 7) is 6.88. The van der Waals surface area contributed by atoms with E-state index < -0.39 is 5.97 Å². The second-order valence-electron chi connectivity index (χ2n) is 6.07. The highest BCUT2D eigenvalue weighted by Gasteiger charge is 2.22. The Morgan fingerprint density at radius 3 is 2.61 bits per heavy atom. The Hall–Kier alpha value is -2.09. The Bertz CT molecular complexity index is 521. The van der Waals surface area contributed by atoms with E-state index in [1.54, 1.807) is 12.0 Å². The van der Waals surface area contributed by atoms with Crippen molar-refractivity contribution in [3.63, 3.8) is 0 Å². The molecule has 1 aromatic rings. The summed E-state index contributed by atoms with van der Waals surface area (Å²) in [6, 6.07) is -0.230. The first-order valence-corrected chi connectivity index (χ1v) is 7.35. The number of hydrogen-bond donors (Lipinski definition) is 1. The molecule has 0 spiro atoms. The zero-order valence-electron chi connectivity index (χ0n) is 14.3. The molecule has 0 aliphatic carbocycles. The van der Waals surface area contributed by atoms with Crippen LogP contribution in [-0.2, 0) is 16.0 Å². The van der Waals surface area contributed by atoms with Crippen molar-refractivity contribution in [2.24, 2.45) is 0 Å². The SMILES string of the molecule is COCCCN(Cc1nc(C(=O)OC)co1)C(=O)NC(C)(C)C. The molecule has 0 aromatic carbocycles. The molecule has 0 saturated heterocycles. The number of nitrogens with one attached hydrogen (secondary N) is 1. The molecule has 0 fully saturated rings. The van der Waals surface area contributed by atoms with E-state index in [2.05, 4.69) is 15.0 Å². The van der Waals surface area contributed by atoms with Gasteiger partial charge in [0.05, 0.1) is 13.7 Å². The Labute approximate surface area is 136 Å². The number of hydrogen-bond acceptors (Lipinski definition) is 6. The fourth-order valence-corrected chi connectivity index (χ4v) is 1.80. The van der Waals surface area contributed by atoms with Gasteiger partial charge in [0, 0.05) is 25.8 Å². The minimum Gasteiger partial charge on any atom is -0.464 e. The van der Waals surface area contributed by atoms with Gasteiger partial charge in [0.1, 0.15) is 6.26 Å². The zero-order valence-corrected chi connectivity index (χ0v) is 14.3. The number of amides is 2. The number of esters is 1. The van der Waals surface area contributed by atoms with Gasteiger partial charge in [-0.05, 0) is 27.2 Å². The fraction of sp³-hybridized carbons (Fsp3) is 0.667. The highest BCUT2D eigenvalue weighted by molar-refractivity contribution is 5.86. The second-order valence-corrected chi connectivity index (χ2v) is 6.07. The number of carbonyl (C=O) groups is 2. The van der Waals surface area contributed by atoms with Gasteiger partial charge in [-0.1, -0.05) is 0 Å². The largest absolute Gasteiger partial charge is 0.464 e. The van der Waals surface area contributed by atoms with Crippen LogP contribution >= 0.6 is 0 Å². The molecule has 0 aliphatic rings. The number of ether oxygens (including phenoxy) is 2. The Morgan fingerprint density at radius 2 is 2.04 bits per heavy atom. The van der Waals surface area contributed by atoms with Crippen molar-refractivity contribution < 1.29 is 23.5 Å². The van der Waals surface area contributed by atoms with Crippen LogP contribution in [0.4, 0.5) is 4.79 Å². The maximum Gasteiger partial charge on any atom is 0.360 e. The fourth-order valence-electron chi connectivity index (χ4n) is 1.80. The topological polar surface area (TPSA) is 93.9 Å². The summed E-state index contributed by atoms with van der Waals surface area (Å²) in [5.74, 6) is -0.308. The molecule has 1 N–H and O–H groups in total. The van der Waals surface area contributed by atoms with E-state index in [1.165, 1.54) is 13.4 Å². The summed E-state index contributed by atoms with van der Waals surface area (Å²) >= 11 is 0. The van der Waals surface area contributed by atoms with Crippen molar-refractivity contribution in [1.82, 2.24) is 15.2 Å². The molecule has 0 unspecified atom stereocenters. The molecule has 23 heavy (non-hydrogen) atoms. The van der Waals surface area contributed by atoms with E-state index in [4.69, 9.17) is 9.15 Å². The van der Waals surface area contributed by atoms with E-state index in [-0.39, 0.29) is 29.7 Å². The lowest BCUT2D eigenvalue weighted by molar-refractivity contribution is 0.0594. The van der Waals surface area contributed by atoms with Gasteiger partial charge in [0.15, 0.2) is 5.69 Å². The van der Waals surface area contributed by atoms with Gasteiger partial charge in [0.2, 0.25) is 5.89 Å². The third-order valence-corrected chi connectivity index (χ3v) is 2.82. The Balaban J connectivity index is 2.77. The van der Waals surface area contributed by atoms with Gasteiger partial charge >= 0.3 is 12.0 Å². The van der Waals surface area contributed by atoms with E-state index in [0.717, 1.165) is 0 Å². The number of oxazole rings is 1. The average molecular weight is 327 g/mol. The van der Waals surface area contributed by atoms with Crippen LogP contribution in [0.25, 0.3) is 0 Å². The van der Waals surface area contributed by atoms with Crippen LogP contribution in [-0.4, -0.2) is 54.8 Å². The minimum absolute atomic E-state index is 0.0792. The van der Waals surface area contributed by atoms with Crippen LogP contribution in [0.2, 0.25) is 0 Å². The third-order valence-electron chi connectivity index (χ3n) is 2.82. The minimum atomic E-state index is -0.579. The molecule has 2 amide bonds. The van der Waals surface area contributed by atoms with E-state index >= 15 is 0 Å². The van der Waals surface area contributed by atoms with Crippen LogP contribution in [0, 0.1) is 0 Å². The summed E-state index contributed by atoms with van der Waals surface area (Å²) in [5.41, 5.74) is -0.278. The highest BCUT2D eigenvalue weighted by Crippen LogP contribution is 2.09. The number of aromatic nitrogens is 1. The van der Waals surface area contributed by atoms with Gasteiger partial charge in [-0.25, -0.2) is 14.6 Å². The molecule has 0 radical (unpaired) electrons. The number of carbonyl (C=O) groups excluding carboxylic acids is 2. The van der Waals surface area contributed by atoms with Crippen LogP contribution in [0.15, 0.2) is 10.7 Å². The summed E-state index contributed by atoms with van der Waals surface area (Å²) in [7, 11) is 2.88. The number of methoxy groups -OCH3 is 2. The molecule has 0 atom stereocenters. The molecule has 0 bridgehead atoms. The summed E-state index contributed by atoms with van der Waals surface area (Å²) < 4.78 is 14.8. The predicted molar refractivity (Wildman–Crippen MR) is 83.0 cm³/mol. The zero-order chi connectivity index (χ0) is 17.5. The van der Waals surface area contributed by atoms with Crippen molar-refractivity contribution in [2.75, 3.05) is 27.4 Å². The van der Waals surface area contributed by atoms with Crippen molar-refractivity contribution in [2.45, 2.75) is 39.3 Å². The standard InChI is InChI=1S/C15H25N3O5/c1-15(2,3)17-14(20)18(7-6-8-21-4)9-12-16-11(10-23-12)13(19)22-5/h10H,6-9H2,1-5H3,(H,17,20). The van der Waals surface area contributed by atoms with Crippen molar-refractivity contribution in [3.8, 4) is 0 Å². The van der Waals surface area contributed by atoms with Crippen molar-refractivity contribution in [1.29, 1.82) is 0 Å². The lowest BCUT2D eigenvalue weighted by Crippen LogP contribution is -2.48. The normalized spacial score (nSPS) is 11.2. The van der Waals surface area contributed by atoms with Crippen LogP contribution in [0.1, 0.15) is 43.6 Å². The number of nitrogens with zero attached hydrogens (tertiary/aromatic N) is 2. The molecule has 0 saturated carbocycles. The number of urea groups is 1. The molecule has 130 valence electrons.